The number of carbonyl (C=O) groups is 2. The number of aliphatic carboxylic acids is 1. The average molecular weight is 295 g/mol. The zero-order chi connectivity index (χ0) is 15.3. The van der Waals surface area contributed by atoms with Gasteiger partial charge in [-0.05, 0) is 12.8 Å². The van der Waals surface area contributed by atoms with E-state index < -0.39 is 11.5 Å². The molecule has 2 amide bonds. The predicted octanol–water partition coefficient (Wildman–Crippen LogP) is 1.12. The Morgan fingerprint density at radius 3 is 2.71 bits per heavy atom. The van der Waals surface area contributed by atoms with E-state index in [1.165, 1.54) is 11.2 Å². The number of hydrogen-bond donors (Lipinski definition) is 3. The van der Waals surface area contributed by atoms with Crippen LogP contribution < -0.4 is 5.32 Å². The number of carboxylic acid groups (broad SMARTS) is 1. The summed E-state index contributed by atoms with van der Waals surface area (Å²) in [4.78, 5) is 28.8. The number of carbonyl (C=O) groups excluding carboxylic acids is 1. The normalized spacial score (nSPS) is 17.2. The molecule has 0 aromatic carbocycles. The van der Waals surface area contributed by atoms with Crippen LogP contribution in [0.25, 0.3) is 0 Å². The van der Waals surface area contributed by atoms with Crippen molar-refractivity contribution in [2.75, 3.05) is 7.05 Å². The third-order valence-electron chi connectivity index (χ3n) is 3.87. The zero-order valence-electron chi connectivity index (χ0n) is 12.1. The van der Waals surface area contributed by atoms with Crippen molar-refractivity contribution in [3.05, 3.63) is 12.2 Å². The van der Waals surface area contributed by atoms with Crippen molar-refractivity contribution < 1.29 is 14.7 Å². The summed E-state index contributed by atoms with van der Waals surface area (Å²) in [5.74, 6) is -0.293. The minimum Gasteiger partial charge on any atom is -0.481 e. The predicted molar refractivity (Wildman–Crippen MR) is 74.5 cm³/mol. The standard InChI is InChI=1S/C13H21N5O3/c1-18(8-10-14-9-15-17-10)12(21)16-13(7-11(19)20)5-3-2-4-6-13/h9H,2-8H2,1H3,(H,16,21)(H,19,20)(H,14,15,17). The van der Waals surface area contributed by atoms with Gasteiger partial charge in [-0.1, -0.05) is 19.3 Å². The van der Waals surface area contributed by atoms with E-state index in [1.54, 1.807) is 7.05 Å². The lowest BCUT2D eigenvalue weighted by molar-refractivity contribution is -0.139. The van der Waals surface area contributed by atoms with Crippen molar-refractivity contribution in [3.8, 4) is 0 Å². The van der Waals surface area contributed by atoms with Gasteiger partial charge >= 0.3 is 12.0 Å². The number of H-pyrrole nitrogens is 1. The number of amides is 2. The summed E-state index contributed by atoms with van der Waals surface area (Å²) in [6, 6.07) is -0.283. The molecule has 1 aromatic heterocycles. The van der Waals surface area contributed by atoms with Gasteiger partial charge in [0.15, 0.2) is 0 Å². The van der Waals surface area contributed by atoms with Gasteiger partial charge in [0, 0.05) is 7.05 Å². The fraction of sp³-hybridized carbons (Fsp3) is 0.692. The van der Waals surface area contributed by atoms with Crippen LogP contribution in [0.2, 0.25) is 0 Å². The van der Waals surface area contributed by atoms with Crippen LogP contribution in [0, 0.1) is 0 Å². The number of nitrogens with zero attached hydrogens (tertiary/aromatic N) is 3. The van der Waals surface area contributed by atoms with E-state index in [4.69, 9.17) is 5.11 Å². The minimum atomic E-state index is -0.880. The second-order valence-electron chi connectivity index (χ2n) is 5.63. The Labute approximate surface area is 122 Å². The van der Waals surface area contributed by atoms with Gasteiger partial charge < -0.3 is 15.3 Å². The van der Waals surface area contributed by atoms with Gasteiger partial charge in [-0.25, -0.2) is 9.78 Å². The van der Waals surface area contributed by atoms with E-state index in [1.807, 2.05) is 0 Å². The lowest BCUT2D eigenvalue weighted by Crippen LogP contribution is -2.54. The molecule has 0 bridgehead atoms. The van der Waals surface area contributed by atoms with E-state index in [-0.39, 0.29) is 12.5 Å². The summed E-state index contributed by atoms with van der Waals surface area (Å²) in [6.45, 7) is 0.301. The molecule has 0 atom stereocenters. The minimum absolute atomic E-state index is 0.0328. The summed E-state index contributed by atoms with van der Waals surface area (Å²) < 4.78 is 0. The SMILES string of the molecule is CN(Cc1ncn[nH]1)C(=O)NC1(CC(=O)O)CCCCC1. The Bertz CT molecular complexity index is 482. The Hall–Kier alpha value is -2.12. The fourth-order valence-corrected chi connectivity index (χ4v) is 2.79. The molecule has 116 valence electrons. The molecule has 1 heterocycles. The summed E-state index contributed by atoms with van der Waals surface area (Å²) in [5, 5.41) is 18.4. The quantitative estimate of drug-likeness (QED) is 0.754. The largest absolute Gasteiger partial charge is 0.481 e. The molecule has 1 aromatic rings. The maximum atomic E-state index is 12.3. The van der Waals surface area contributed by atoms with Gasteiger partial charge in [-0.15, -0.1) is 0 Å². The first kappa shape index (κ1) is 15.3. The van der Waals surface area contributed by atoms with Crippen LogP contribution in [0.15, 0.2) is 6.33 Å². The van der Waals surface area contributed by atoms with Crippen LogP contribution >= 0.6 is 0 Å². The first-order valence-corrected chi connectivity index (χ1v) is 7.10. The van der Waals surface area contributed by atoms with Gasteiger partial charge in [0.1, 0.15) is 12.2 Å². The zero-order valence-corrected chi connectivity index (χ0v) is 12.1. The molecule has 1 saturated carbocycles. The second-order valence-corrected chi connectivity index (χ2v) is 5.63. The van der Waals surface area contributed by atoms with Crippen LogP contribution in [0.4, 0.5) is 4.79 Å². The summed E-state index contributed by atoms with van der Waals surface area (Å²) in [5.41, 5.74) is -0.628. The van der Waals surface area contributed by atoms with Crippen molar-refractivity contribution in [1.29, 1.82) is 0 Å². The van der Waals surface area contributed by atoms with Gasteiger partial charge in [0.05, 0.1) is 18.5 Å². The highest BCUT2D eigenvalue weighted by atomic mass is 16.4. The van der Waals surface area contributed by atoms with Gasteiger partial charge in [-0.3, -0.25) is 9.89 Å². The van der Waals surface area contributed by atoms with Crippen LogP contribution in [-0.2, 0) is 11.3 Å². The summed E-state index contributed by atoms with van der Waals surface area (Å²) in [7, 11) is 1.65. The van der Waals surface area contributed by atoms with Crippen molar-refractivity contribution in [2.24, 2.45) is 0 Å². The molecule has 21 heavy (non-hydrogen) atoms. The molecule has 8 heteroatoms. The lowest BCUT2D eigenvalue weighted by atomic mass is 9.79. The molecule has 3 N–H and O–H groups in total. The topological polar surface area (TPSA) is 111 Å². The van der Waals surface area contributed by atoms with E-state index in [2.05, 4.69) is 20.5 Å². The highest BCUT2D eigenvalue weighted by Crippen LogP contribution is 2.31. The molecule has 0 unspecified atom stereocenters. The molecule has 1 aliphatic carbocycles. The number of nitrogens with one attached hydrogen (secondary N) is 2. The highest BCUT2D eigenvalue weighted by Gasteiger charge is 2.36. The number of hydrogen-bond acceptors (Lipinski definition) is 4. The van der Waals surface area contributed by atoms with E-state index in [0.29, 0.717) is 25.2 Å². The van der Waals surface area contributed by atoms with E-state index >= 15 is 0 Å². The van der Waals surface area contributed by atoms with Crippen LogP contribution in [0.5, 0.6) is 0 Å². The Balaban J connectivity index is 1.98. The lowest BCUT2D eigenvalue weighted by Gasteiger charge is -2.38. The number of aromatic amines is 1. The Morgan fingerprint density at radius 1 is 1.43 bits per heavy atom. The van der Waals surface area contributed by atoms with Gasteiger partial charge in [0.25, 0.3) is 0 Å². The van der Waals surface area contributed by atoms with Crippen molar-refractivity contribution in [1.82, 2.24) is 25.4 Å². The van der Waals surface area contributed by atoms with Crippen LogP contribution in [0.1, 0.15) is 44.3 Å². The van der Waals surface area contributed by atoms with Crippen molar-refractivity contribution in [2.45, 2.75) is 50.6 Å². The molecule has 1 fully saturated rings. The molecule has 0 saturated heterocycles. The fourth-order valence-electron chi connectivity index (χ4n) is 2.79. The number of carboxylic acids is 1. The maximum absolute atomic E-state index is 12.3. The van der Waals surface area contributed by atoms with Crippen molar-refractivity contribution >= 4 is 12.0 Å². The summed E-state index contributed by atoms with van der Waals surface area (Å²) in [6.07, 6.45) is 5.75. The van der Waals surface area contributed by atoms with Crippen molar-refractivity contribution in [3.63, 3.8) is 0 Å². The number of urea groups is 1. The molecular weight excluding hydrogens is 274 g/mol. The number of aromatic nitrogens is 3. The molecule has 1 aliphatic rings. The van der Waals surface area contributed by atoms with Gasteiger partial charge in [-0.2, -0.15) is 5.10 Å². The molecule has 0 aliphatic heterocycles. The Kier molecular flexibility index (Phi) is 4.77. The van der Waals surface area contributed by atoms with E-state index in [0.717, 1.165) is 19.3 Å². The van der Waals surface area contributed by atoms with Gasteiger partial charge in [0.2, 0.25) is 0 Å². The second kappa shape index (κ2) is 6.55. The van der Waals surface area contributed by atoms with Crippen LogP contribution in [-0.4, -0.2) is 49.8 Å². The Morgan fingerprint density at radius 2 is 2.14 bits per heavy atom. The molecule has 2 rings (SSSR count). The first-order valence-electron chi connectivity index (χ1n) is 7.10. The average Bonchev–Trinajstić information content (AvgIpc) is 2.91. The third-order valence-corrected chi connectivity index (χ3v) is 3.87. The van der Waals surface area contributed by atoms with E-state index in [9.17, 15) is 9.59 Å². The molecule has 0 spiro atoms. The third kappa shape index (κ3) is 4.17. The monoisotopic (exact) mass is 295 g/mol. The number of rotatable bonds is 5. The first-order chi connectivity index (χ1) is 10.0. The molecule has 0 radical (unpaired) electrons. The van der Waals surface area contributed by atoms with Crippen LogP contribution in [0.3, 0.4) is 0 Å². The highest BCUT2D eigenvalue weighted by molar-refractivity contribution is 5.76. The maximum Gasteiger partial charge on any atom is 0.317 e. The summed E-state index contributed by atoms with van der Waals surface area (Å²) >= 11 is 0. The molecular formula is C13H21N5O3. The molecule has 8 nitrogen and oxygen atoms in total. The smallest absolute Gasteiger partial charge is 0.317 e.